The molecular formula is C15H19NO2. The number of aliphatic carboxylic acids is 1. The highest BCUT2D eigenvalue weighted by Crippen LogP contribution is 2.42. The number of fused-ring (bicyclic) bond motifs is 2. The minimum atomic E-state index is -0.582. The lowest BCUT2D eigenvalue weighted by molar-refractivity contribution is -0.146. The maximum Gasteiger partial charge on any atom is 0.307 e. The van der Waals surface area contributed by atoms with Crippen LogP contribution in [0, 0.1) is 17.8 Å². The Hall–Kier alpha value is -1.35. The Labute approximate surface area is 107 Å². The lowest BCUT2D eigenvalue weighted by atomic mass is 9.85. The number of hydrogen-bond donors (Lipinski definition) is 1. The molecule has 2 bridgehead atoms. The zero-order valence-corrected chi connectivity index (χ0v) is 10.5. The van der Waals surface area contributed by atoms with Gasteiger partial charge in [0, 0.05) is 19.6 Å². The highest BCUT2D eigenvalue weighted by atomic mass is 16.4. The summed E-state index contributed by atoms with van der Waals surface area (Å²) >= 11 is 0. The summed E-state index contributed by atoms with van der Waals surface area (Å²) in [5.74, 6) is 0.0637. The number of carboxylic acids is 1. The van der Waals surface area contributed by atoms with Crippen LogP contribution in [0.2, 0.25) is 0 Å². The SMILES string of the molecule is O=C(O)C1[C@@H]2CC[C@@H]1CN(Cc1ccccc1)C2. The maximum absolute atomic E-state index is 11.3. The predicted octanol–water partition coefficient (Wildman–Crippen LogP) is 2.23. The van der Waals surface area contributed by atoms with Crippen LogP contribution in [0.5, 0.6) is 0 Å². The number of carboxylic acid groups (broad SMARTS) is 1. The molecule has 1 aliphatic carbocycles. The molecule has 0 radical (unpaired) electrons. The van der Waals surface area contributed by atoms with E-state index in [0.29, 0.717) is 11.8 Å². The first-order chi connectivity index (χ1) is 8.74. The van der Waals surface area contributed by atoms with E-state index in [9.17, 15) is 9.90 Å². The molecule has 0 spiro atoms. The Bertz CT molecular complexity index is 417. The Morgan fingerprint density at radius 1 is 1.17 bits per heavy atom. The second kappa shape index (κ2) is 4.73. The van der Waals surface area contributed by atoms with E-state index in [-0.39, 0.29) is 5.92 Å². The smallest absolute Gasteiger partial charge is 0.307 e. The zero-order chi connectivity index (χ0) is 12.5. The molecule has 2 fully saturated rings. The van der Waals surface area contributed by atoms with Gasteiger partial charge in [-0.3, -0.25) is 9.69 Å². The molecule has 3 heteroatoms. The average Bonchev–Trinajstić information content (AvgIpc) is 2.63. The Kier molecular flexibility index (Phi) is 3.08. The van der Waals surface area contributed by atoms with Gasteiger partial charge >= 0.3 is 5.97 Å². The van der Waals surface area contributed by atoms with Crippen molar-refractivity contribution in [3.05, 3.63) is 35.9 Å². The average molecular weight is 245 g/mol. The monoisotopic (exact) mass is 245 g/mol. The lowest BCUT2D eigenvalue weighted by Crippen LogP contribution is -2.44. The third kappa shape index (κ3) is 2.15. The number of benzene rings is 1. The fraction of sp³-hybridized carbons (Fsp3) is 0.533. The topological polar surface area (TPSA) is 40.5 Å². The van der Waals surface area contributed by atoms with Crippen molar-refractivity contribution >= 4 is 5.97 Å². The number of rotatable bonds is 3. The van der Waals surface area contributed by atoms with Gasteiger partial charge in [0.1, 0.15) is 0 Å². The third-order valence-corrected chi connectivity index (χ3v) is 4.44. The molecule has 1 aromatic rings. The van der Waals surface area contributed by atoms with Gasteiger partial charge in [0.15, 0.2) is 0 Å². The van der Waals surface area contributed by atoms with E-state index in [0.717, 1.165) is 32.5 Å². The van der Waals surface area contributed by atoms with Gasteiger partial charge in [-0.2, -0.15) is 0 Å². The highest BCUT2D eigenvalue weighted by molar-refractivity contribution is 5.71. The van der Waals surface area contributed by atoms with Crippen LogP contribution < -0.4 is 0 Å². The molecule has 18 heavy (non-hydrogen) atoms. The summed E-state index contributed by atoms with van der Waals surface area (Å²) in [6.45, 7) is 2.85. The number of carbonyl (C=O) groups is 1. The molecule has 1 heterocycles. The summed E-state index contributed by atoms with van der Waals surface area (Å²) in [5, 5.41) is 9.28. The van der Waals surface area contributed by atoms with Crippen LogP contribution in [0.15, 0.2) is 30.3 Å². The van der Waals surface area contributed by atoms with E-state index >= 15 is 0 Å². The molecule has 0 unspecified atom stereocenters. The first-order valence-electron chi connectivity index (χ1n) is 6.73. The number of likely N-dealkylation sites (tertiary alicyclic amines) is 1. The molecule has 96 valence electrons. The molecule has 3 rings (SSSR count). The molecule has 0 amide bonds. The molecule has 1 N–H and O–H groups in total. The molecule has 0 aromatic heterocycles. The van der Waals surface area contributed by atoms with Crippen LogP contribution in [-0.2, 0) is 11.3 Å². The molecule has 1 aliphatic heterocycles. The van der Waals surface area contributed by atoms with Gasteiger partial charge in [0.25, 0.3) is 0 Å². The third-order valence-electron chi connectivity index (χ3n) is 4.44. The van der Waals surface area contributed by atoms with Crippen molar-refractivity contribution in [1.29, 1.82) is 0 Å². The summed E-state index contributed by atoms with van der Waals surface area (Å²) in [7, 11) is 0. The fourth-order valence-electron chi connectivity index (χ4n) is 3.69. The Morgan fingerprint density at radius 3 is 2.33 bits per heavy atom. The van der Waals surface area contributed by atoms with Gasteiger partial charge in [0.05, 0.1) is 5.92 Å². The summed E-state index contributed by atoms with van der Waals surface area (Å²) in [6, 6.07) is 10.4. The van der Waals surface area contributed by atoms with Crippen molar-refractivity contribution in [2.45, 2.75) is 19.4 Å². The Morgan fingerprint density at radius 2 is 1.78 bits per heavy atom. The fourth-order valence-corrected chi connectivity index (χ4v) is 3.69. The van der Waals surface area contributed by atoms with Gasteiger partial charge in [-0.15, -0.1) is 0 Å². The molecule has 3 nitrogen and oxygen atoms in total. The molecule has 2 aliphatic rings. The van der Waals surface area contributed by atoms with Gasteiger partial charge in [-0.05, 0) is 30.2 Å². The minimum absolute atomic E-state index is 0.0861. The van der Waals surface area contributed by atoms with Gasteiger partial charge in [-0.25, -0.2) is 0 Å². The number of piperidine rings is 1. The molecule has 2 atom stereocenters. The van der Waals surface area contributed by atoms with Crippen LogP contribution >= 0.6 is 0 Å². The van der Waals surface area contributed by atoms with Gasteiger partial charge < -0.3 is 5.11 Å². The summed E-state index contributed by atoms with van der Waals surface area (Å²) in [4.78, 5) is 13.7. The standard InChI is InChI=1S/C15H19NO2/c17-15(18)14-12-6-7-13(14)10-16(9-12)8-11-4-2-1-3-5-11/h1-5,12-14H,6-10H2,(H,17,18)/t12-,13-/m1/s1. The first kappa shape index (κ1) is 11.7. The summed E-state index contributed by atoms with van der Waals surface area (Å²) in [6.07, 6.45) is 2.18. The zero-order valence-electron chi connectivity index (χ0n) is 10.5. The molecular weight excluding hydrogens is 226 g/mol. The van der Waals surface area contributed by atoms with Crippen molar-refractivity contribution in [1.82, 2.24) is 4.90 Å². The van der Waals surface area contributed by atoms with Crippen molar-refractivity contribution in [2.75, 3.05) is 13.1 Å². The minimum Gasteiger partial charge on any atom is -0.481 e. The van der Waals surface area contributed by atoms with Crippen molar-refractivity contribution in [2.24, 2.45) is 17.8 Å². The van der Waals surface area contributed by atoms with Crippen LogP contribution in [0.1, 0.15) is 18.4 Å². The van der Waals surface area contributed by atoms with Gasteiger partial charge in [0.2, 0.25) is 0 Å². The normalized spacial score (nSPS) is 31.4. The number of nitrogens with zero attached hydrogens (tertiary/aromatic N) is 1. The van der Waals surface area contributed by atoms with E-state index in [2.05, 4.69) is 29.2 Å². The van der Waals surface area contributed by atoms with E-state index in [4.69, 9.17) is 0 Å². The second-order valence-corrected chi connectivity index (χ2v) is 5.64. The lowest BCUT2D eigenvalue weighted by Gasteiger charge is -2.36. The van der Waals surface area contributed by atoms with Crippen LogP contribution in [0.3, 0.4) is 0 Å². The van der Waals surface area contributed by atoms with Crippen molar-refractivity contribution in [3.63, 3.8) is 0 Å². The van der Waals surface area contributed by atoms with E-state index in [1.807, 2.05) is 6.07 Å². The van der Waals surface area contributed by atoms with E-state index in [1.54, 1.807) is 0 Å². The maximum atomic E-state index is 11.3. The Balaban J connectivity index is 1.67. The molecule has 1 saturated heterocycles. The molecule has 1 aromatic carbocycles. The van der Waals surface area contributed by atoms with Crippen molar-refractivity contribution < 1.29 is 9.90 Å². The first-order valence-corrected chi connectivity index (χ1v) is 6.73. The molecule has 1 saturated carbocycles. The quantitative estimate of drug-likeness (QED) is 0.887. The van der Waals surface area contributed by atoms with Crippen LogP contribution in [0.4, 0.5) is 0 Å². The van der Waals surface area contributed by atoms with Gasteiger partial charge in [-0.1, -0.05) is 30.3 Å². The largest absolute Gasteiger partial charge is 0.481 e. The summed E-state index contributed by atoms with van der Waals surface area (Å²) in [5.41, 5.74) is 1.32. The highest BCUT2D eigenvalue weighted by Gasteiger charge is 2.45. The second-order valence-electron chi connectivity index (χ2n) is 5.64. The van der Waals surface area contributed by atoms with Crippen LogP contribution in [0.25, 0.3) is 0 Å². The number of hydrogen-bond acceptors (Lipinski definition) is 2. The van der Waals surface area contributed by atoms with E-state index in [1.165, 1.54) is 5.56 Å². The van der Waals surface area contributed by atoms with Crippen molar-refractivity contribution in [3.8, 4) is 0 Å². The predicted molar refractivity (Wildman–Crippen MR) is 69.1 cm³/mol. The van der Waals surface area contributed by atoms with E-state index < -0.39 is 5.97 Å². The van der Waals surface area contributed by atoms with Crippen LogP contribution in [-0.4, -0.2) is 29.1 Å². The summed E-state index contributed by atoms with van der Waals surface area (Å²) < 4.78 is 0.